The lowest BCUT2D eigenvalue weighted by Gasteiger charge is -2.20. The van der Waals surface area contributed by atoms with Gasteiger partial charge in [0.15, 0.2) is 0 Å². The van der Waals surface area contributed by atoms with Gasteiger partial charge in [-0.2, -0.15) is 0 Å². The molecule has 0 spiro atoms. The number of hydrogen-bond donors (Lipinski definition) is 2. The van der Waals surface area contributed by atoms with Crippen molar-refractivity contribution in [1.29, 1.82) is 0 Å². The zero-order valence-electron chi connectivity index (χ0n) is 12.9. The highest BCUT2D eigenvalue weighted by Gasteiger charge is 2.11. The summed E-state index contributed by atoms with van der Waals surface area (Å²) in [6.45, 7) is 6.79. The standard InChI is InChI=1S/C14H31N3O2/c1-12(2)17(3)10-6-5-9-16-14(18)13(15)8-7-11-19-4/h12-13H,5-11,15H2,1-4H3,(H,16,18). The van der Waals surface area contributed by atoms with E-state index in [-0.39, 0.29) is 5.91 Å². The third-order valence-corrected chi connectivity index (χ3v) is 3.32. The quantitative estimate of drug-likeness (QED) is 0.551. The first-order valence-corrected chi connectivity index (χ1v) is 7.21. The molecule has 0 rings (SSSR count). The number of ether oxygens (including phenoxy) is 1. The van der Waals surface area contributed by atoms with Crippen LogP contribution in [0.15, 0.2) is 0 Å². The number of amides is 1. The van der Waals surface area contributed by atoms with E-state index in [4.69, 9.17) is 10.5 Å². The molecule has 5 heteroatoms. The molecule has 114 valence electrons. The first-order valence-electron chi connectivity index (χ1n) is 7.21. The lowest BCUT2D eigenvalue weighted by molar-refractivity contribution is -0.122. The maximum Gasteiger partial charge on any atom is 0.236 e. The van der Waals surface area contributed by atoms with Gasteiger partial charge >= 0.3 is 0 Å². The number of carbonyl (C=O) groups is 1. The Balaban J connectivity index is 3.52. The lowest BCUT2D eigenvalue weighted by Crippen LogP contribution is -2.41. The molecule has 0 aromatic rings. The number of nitrogens with one attached hydrogen (secondary N) is 1. The Morgan fingerprint density at radius 2 is 2.00 bits per heavy atom. The fourth-order valence-electron chi connectivity index (χ4n) is 1.67. The Morgan fingerprint density at radius 1 is 1.32 bits per heavy atom. The molecule has 0 radical (unpaired) electrons. The number of methoxy groups -OCH3 is 1. The van der Waals surface area contributed by atoms with Gasteiger partial charge in [0, 0.05) is 26.3 Å². The van der Waals surface area contributed by atoms with Gasteiger partial charge in [0.25, 0.3) is 0 Å². The predicted molar refractivity (Wildman–Crippen MR) is 79.1 cm³/mol. The summed E-state index contributed by atoms with van der Waals surface area (Å²) in [6, 6.07) is 0.164. The van der Waals surface area contributed by atoms with Crippen LogP contribution in [-0.4, -0.2) is 56.7 Å². The van der Waals surface area contributed by atoms with Crippen LogP contribution in [0.1, 0.15) is 39.5 Å². The minimum absolute atomic E-state index is 0.0479. The van der Waals surface area contributed by atoms with Crippen LogP contribution >= 0.6 is 0 Å². The summed E-state index contributed by atoms with van der Waals surface area (Å²) in [5, 5.41) is 2.89. The molecule has 5 nitrogen and oxygen atoms in total. The Morgan fingerprint density at radius 3 is 2.58 bits per heavy atom. The van der Waals surface area contributed by atoms with Gasteiger partial charge in [-0.1, -0.05) is 0 Å². The van der Waals surface area contributed by atoms with Crippen LogP contribution in [-0.2, 0) is 9.53 Å². The summed E-state index contributed by atoms with van der Waals surface area (Å²) in [5.74, 6) is -0.0479. The van der Waals surface area contributed by atoms with Crippen LogP contribution in [0.5, 0.6) is 0 Å². The SMILES string of the molecule is COCCCC(N)C(=O)NCCCCN(C)C(C)C. The van der Waals surface area contributed by atoms with E-state index in [0.29, 0.717) is 25.6 Å². The van der Waals surface area contributed by atoms with Gasteiger partial charge < -0.3 is 20.7 Å². The minimum Gasteiger partial charge on any atom is -0.385 e. The van der Waals surface area contributed by atoms with Gasteiger partial charge in [-0.25, -0.2) is 0 Å². The van der Waals surface area contributed by atoms with Crippen molar-refractivity contribution in [3.63, 3.8) is 0 Å². The van der Waals surface area contributed by atoms with Crippen molar-refractivity contribution < 1.29 is 9.53 Å². The zero-order chi connectivity index (χ0) is 14.7. The van der Waals surface area contributed by atoms with E-state index >= 15 is 0 Å². The van der Waals surface area contributed by atoms with Crippen molar-refractivity contribution in [1.82, 2.24) is 10.2 Å². The summed E-state index contributed by atoms with van der Waals surface area (Å²) in [4.78, 5) is 14.0. The van der Waals surface area contributed by atoms with Crippen molar-refractivity contribution in [2.45, 2.75) is 51.6 Å². The molecule has 1 unspecified atom stereocenters. The van der Waals surface area contributed by atoms with Crippen molar-refractivity contribution in [3.05, 3.63) is 0 Å². The van der Waals surface area contributed by atoms with Crippen molar-refractivity contribution in [3.8, 4) is 0 Å². The van der Waals surface area contributed by atoms with Gasteiger partial charge in [-0.3, -0.25) is 4.79 Å². The monoisotopic (exact) mass is 273 g/mol. The highest BCUT2D eigenvalue weighted by molar-refractivity contribution is 5.81. The van der Waals surface area contributed by atoms with E-state index in [1.807, 2.05) is 0 Å². The van der Waals surface area contributed by atoms with Gasteiger partial charge in [-0.05, 0) is 53.1 Å². The predicted octanol–water partition coefficient (Wildman–Crippen LogP) is 0.977. The van der Waals surface area contributed by atoms with Gasteiger partial charge in [0.1, 0.15) is 0 Å². The Kier molecular flexibility index (Phi) is 10.8. The summed E-state index contributed by atoms with van der Waals surface area (Å²) in [6.07, 6.45) is 3.58. The Labute approximate surface area is 117 Å². The molecule has 1 atom stereocenters. The van der Waals surface area contributed by atoms with Crippen LogP contribution in [0.3, 0.4) is 0 Å². The highest BCUT2D eigenvalue weighted by Crippen LogP contribution is 1.98. The molecule has 0 aromatic carbocycles. The summed E-state index contributed by atoms with van der Waals surface area (Å²) in [5.41, 5.74) is 5.78. The van der Waals surface area contributed by atoms with Crippen molar-refractivity contribution in [2.24, 2.45) is 5.73 Å². The van der Waals surface area contributed by atoms with Crippen molar-refractivity contribution >= 4 is 5.91 Å². The van der Waals surface area contributed by atoms with Crippen LogP contribution in [0.2, 0.25) is 0 Å². The van der Waals surface area contributed by atoms with Crippen LogP contribution in [0, 0.1) is 0 Å². The number of carbonyl (C=O) groups excluding carboxylic acids is 1. The van der Waals surface area contributed by atoms with E-state index in [9.17, 15) is 4.79 Å². The van der Waals surface area contributed by atoms with Crippen LogP contribution < -0.4 is 11.1 Å². The summed E-state index contributed by atoms with van der Waals surface area (Å²) in [7, 11) is 3.77. The molecule has 0 aliphatic heterocycles. The maximum atomic E-state index is 11.7. The van der Waals surface area contributed by atoms with E-state index in [1.165, 1.54) is 0 Å². The van der Waals surface area contributed by atoms with E-state index in [2.05, 4.69) is 31.1 Å². The summed E-state index contributed by atoms with van der Waals surface area (Å²) < 4.78 is 4.93. The second-order valence-corrected chi connectivity index (χ2v) is 5.31. The first kappa shape index (κ1) is 18.4. The molecule has 0 fully saturated rings. The fourth-order valence-corrected chi connectivity index (χ4v) is 1.67. The molecule has 0 aliphatic rings. The molecule has 0 bridgehead atoms. The topological polar surface area (TPSA) is 67.6 Å². The summed E-state index contributed by atoms with van der Waals surface area (Å²) >= 11 is 0. The third-order valence-electron chi connectivity index (χ3n) is 3.32. The number of unbranched alkanes of at least 4 members (excludes halogenated alkanes) is 1. The van der Waals surface area contributed by atoms with Crippen LogP contribution in [0.4, 0.5) is 0 Å². The largest absolute Gasteiger partial charge is 0.385 e. The Hall–Kier alpha value is -0.650. The lowest BCUT2D eigenvalue weighted by atomic mass is 10.1. The molecule has 0 saturated carbocycles. The molecule has 19 heavy (non-hydrogen) atoms. The fraction of sp³-hybridized carbons (Fsp3) is 0.929. The van der Waals surface area contributed by atoms with Gasteiger partial charge in [-0.15, -0.1) is 0 Å². The molecule has 0 aliphatic carbocycles. The molecule has 0 heterocycles. The average molecular weight is 273 g/mol. The molecule has 0 saturated heterocycles. The highest BCUT2D eigenvalue weighted by atomic mass is 16.5. The number of rotatable bonds is 11. The molecule has 1 amide bonds. The van der Waals surface area contributed by atoms with Gasteiger partial charge in [0.2, 0.25) is 5.91 Å². The zero-order valence-corrected chi connectivity index (χ0v) is 12.9. The number of nitrogens with two attached hydrogens (primary N) is 1. The maximum absolute atomic E-state index is 11.7. The minimum atomic E-state index is -0.409. The molecule has 0 aromatic heterocycles. The van der Waals surface area contributed by atoms with Gasteiger partial charge in [0.05, 0.1) is 6.04 Å². The molecular weight excluding hydrogens is 242 g/mol. The first-order chi connectivity index (χ1) is 8.99. The third kappa shape index (κ3) is 9.87. The average Bonchev–Trinajstić information content (AvgIpc) is 2.37. The second-order valence-electron chi connectivity index (χ2n) is 5.31. The number of hydrogen-bond acceptors (Lipinski definition) is 4. The second kappa shape index (κ2) is 11.2. The van der Waals surface area contributed by atoms with Crippen LogP contribution in [0.25, 0.3) is 0 Å². The molecule has 3 N–H and O–H groups in total. The van der Waals surface area contributed by atoms with E-state index in [0.717, 1.165) is 25.8 Å². The normalized spacial score (nSPS) is 13.0. The number of nitrogens with zero attached hydrogens (tertiary/aromatic N) is 1. The van der Waals surface area contributed by atoms with Crippen molar-refractivity contribution in [2.75, 3.05) is 33.9 Å². The Bertz CT molecular complexity index is 235. The smallest absolute Gasteiger partial charge is 0.236 e. The van der Waals surface area contributed by atoms with E-state index < -0.39 is 6.04 Å². The molecular formula is C14H31N3O2. The van der Waals surface area contributed by atoms with E-state index in [1.54, 1.807) is 7.11 Å².